The molecule has 0 fully saturated rings. The Balaban J connectivity index is 2.66. The average Bonchev–Trinajstić information content (AvgIpc) is 2.29. The Kier molecular flexibility index (Phi) is 2.65. The molecule has 1 heterocycles. The minimum absolute atomic E-state index is 0.526. The third-order valence-electron chi connectivity index (χ3n) is 2.29. The summed E-state index contributed by atoms with van der Waals surface area (Å²) in [6.45, 7) is 0.526. The summed E-state index contributed by atoms with van der Waals surface area (Å²) in [5.74, 6) is 0.565. The molecule has 3 heteroatoms. The molecule has 1 aromatic carbocycles. The maximum Gasteiger partial charge on any atom is 0.131 e. The fraction of sp³-hybridized carbons (Fsp3) is 0.0833. The van der Waals surface area contributed by atoms with Crippen LogP contribution in [-0.4, -0.2) is 11.5 Å². The van der Waals surface area contributed by atoms with Crippen LogP contribution in [0.4, 0.5) is 5.82 Å². The molecule has 0 unspecified atom stereocenters. The van der Waals surface area contributed by atoms with Crippen molar-refractivity contribution >= 4 is 22.7 Å². The lowest BCUT2D eigenvalue weighted by Crippen LogP contribution is -1.94. The number of hydrogen-bond donors (Lipinski definition) is 2. The summed E-state index contributed by atoms with van der Waals surface area (Å²) in [5, 5.41) is 2.09. The lowest BCUT2D eigenvalue weighted by molar-refractivity contribution is 1.26. The predicted octanol–water partition coefficient (Wildman–Crippen LogP) is 1.79. The number of aromatic nitrogens is 1. The Morgan fingerprint density at radius 3 is 2.67 bits per heavy atom. The van der Waals surface area contributed by atoms with E-state index < -0.39 is 0 Å². The zero-order valence-corrected chi connectivity index (χ0v) is 8.35. The monoisotopic (exact) mass is 199 g/mol. The Hall–Kier alpha value is -1.87. The Morgan fingerprint density at radius 2 is 1.93 bits per heavy atom. The zero-order valence-electron chi connectivity index (χ0n) is 8.35. The van der Waals surface area contributed by atoms with E-state index in [4.69, 9.17) is 11.5 Å². The molecule has 0 bridgehead atoms. The molecule has 76 valence electrons. The Bertz CT molecular complexity index is 503. The number of fused-ring (bicyclic) bond motifs is 1. The van der Waals surface area contributed by atoms with Crippen molar-refractivity contribution in [2.75, 3.05) is 12.3 Å². The average molecular weight is 199 g/mol. The summed E-state index contributed by atoms with van der Waals surface area (Å²) >= 11 is 0. The van der Waals surface area contributed by atoms with E-state index in [2.05, 4.69) is 4.98 Å². The van der Waals surface area contributed by atoms with Crippen molar-refractivity contribution in [2.45, 2.75) is 0 Å². The molecular weight excluding hydrogens is 186 g/mol. The molecule has 2 aromatic rings. The number of hydrogen-bond acceptors (Lipinski definition) is 3. The van der Waals surface area contributed by atoms with Gasteiger partial charge >= 0.3 is 0 Å². The molecule has 1 aromatic heterocycles. The molecule has 0 saturated carbocycles. The minimum Gasteiger partial charge on any atom is -0.383 e. The van der Waals surface area contributed by atoms with Crippen LogP contribution in [0.25, 0.3) is 16.8 Å². The summed E-state index contributed by atoms with van der Waals surface area (Å²) in [4.78, 5) is 4.15. The molecule has 0 aliphatic rings. The van der Waals surface area contributed by atoms with E-state index in [-0.39, 0.29) is 0 Å². The maximum atomic E-state index is 5.79. The first-order chi connectivity index (χ1) is 7.33. The highest BCUT2D eigenvalue weighted by atomic mass is 14.8. The van der Waals surface area contributed by atoms with Crippen molar-refractivity contribution in [3.05, 3.63) is 42.1 Å². The first kappa shape index (κ1) is 9.68. The number of benzene rings is 1. The first-order valence-electron chi connectivity index (χ1n) is 4.83. The first-order valence-corrected chi connectivity index (χ1v) is 4.83. The second-order valence-corrected chi connectivity index (χ2v) is 3.28. The maximum absolute atomic E-state index is 5.79. The fourth-order valence-electron chi connectivity index (χ4n) is 1.56. The second-order valence-electron chi connectivity index (χ2n) is 3.28. The van der Waals surface area contributed by atoms with Crippen LogP contribution in [0.5, 0.6) is 0 Å². The lowest BCUT2D eigenvalue weighted by atomic mass is 10.1. The van der Waals surface area contributed by atoms with Crippen molar-refractivity contribution < 1.29 is 0 Å². The number of rotatable bonds is 2. The van der Waals surface area contributed by atoms with Gasteiger partial charge in [0, 0.05) is 23.7 Å². The second kappa shape index (κ2) is 4.11. The van der Waals surface area contributed by atoms with Gasteiger partial charge in [0.1, 0.15) is 5.82 Å². The van der Waals surface area contributed by atoms with Crippen molar-refractivity contribution in [3.8, 4) is 0 Å². The SMILES string of the molecule is NCC=Cc1cnc(N)c2ccccc12. The van der Waals surface area contributed by atoms with Crippen LogP contribution in [0.15, 0.2) is 36.5 Å². The smallest absolute Gasteiger partial charge is 0.131 e. The van der Waals surface area contributed by atoms with E-state index >= 15 is 0 Å². The number of nitrogen functional groups attached to an aromatic ring is 1. The van der Waals surface area contributed by atoms with Gasteiger partial charge in [0.05, 0.1) is 0 Å². The fourth-order valence-corrected chi connectivity index (χ4v) is 1.56. The van der Waals surface area contributed by atoms with Gasteiger partial charge in [-0.2, -0.15) is 0 Å². The van der Waals surface area contributed by atoms with Gasteiger partial charge in [-0.25, -0.2) is 4.98 Å². The van der Waals surface area contributed by atoms with Crippen molar-refractivity contribution in [3.63, 3.8) is 0 Å². The number of anilines is 1. The standard InChI is InChI=1S/C12H13N3/c13-7-3-4-9-8-15-12(14)11-6-2-1-5-10(9)11/h1-6,8H,7,13H2,(H2,14,15). The predicted molar refractivity (Wildman–Crippen MR) is 64.2 cm³/mol. The largest absolute Gasteiger partial charge is 0.383 e. The van der Waals surface area contributed by atoms with Gasteiger partial charge in [-0.05, 0) is 5.39 Å². The van der Waals surface area contributed by atoms with E-state index in [0.29, 0.717) is 12.4 Å². The van der Waals surface area contributed by atoms with Gasteiger partial charge in [0.15, 0.2) is 0 Å². The van der Waals surface area contributed by atoms with Crippen LogP contribution in [0, 0.1) is 0 Å². The zero-order chi connectivity index (χ0) is 10.7. The Morgan fingerprint density at radius 1 is 1.20 bits per heavy atom. The van der Waals surface area contributed by atoms with Crippen LogP contribution in [0.2, 0.25) is 0 Å². The highest BCUT2D eigenvalue weighted by Gasteiger charge is 2.01. The van der Waals surface area contributed by atoms with Gasteiger partial charge in [-0.15, -0.1) is 0 Å². The van der Waals surface area contributed by atoms with Gasteiger partial charge in [-0.1, -0.05) is 36.4 Å². The molecule has 3 nitrogen and oxygen atoms in total. The molecule has 0 radical (unpaired) electrons. The number of nitrogens with two attached hydrogens (primary N) is 2. The van der Waals surface area contributed by atoms with Crippen LogP contribution >= 0.6 is 0 Å². The Labute approximate surface area is 88.4 Å². The van der Waals surface area contributed by atoms with Gasteiger partial charge < -0.3 is 11.5 Å². The molecule has 0 amide bonds. The molecule has 0 aliphatic heterocycles. The van der Waals surface area contributed by atoms with E-state index in [1.165, 1.54) is 0 Å². The number of pyridine rings is 1. The summed E-state index contributed by atoms with van der Waals surface area (Å²) in [6, 6.07) is 7.94. The summed E-state index contributed by atoms with van der Waals surface area (Å²) in [6.07, 6.45) is 5.64. The number of nitrogens with zero attached hydrogens (tertiary/aromatic N) is 1. The molecular formula is C12H13N3. The van der Waals surface area contributed by atoms with Gasteiger partial charge in [0.25, 0.3) is 0 Å². The molecule has 0 aliphatic carbocycles. The van der Waals surface area contributed by atoms with E-state index in [1.54, 1.807) is 6.20 Å². The van der Waals surface area contributed by atoms with Crippen LogP contribution in [-0.2, 0) is 0 Å². The normalized spacial score (nSPS) is 11.3. The lowest BCUT2D eigenvalue weighted by Gasteiger charge is -2.03. The van der Waals surface area contributed by atoms with Crippen molar-refractivity contribution in [1.29, 1.82) is 0 Å². The molecule has 0 atom stereocenters. The molecule has 2 rings (SSSR count). The van der Waals surface area contributed by atoms with Crippen LogP contribution < -0.4 is 11.5 Å². The summed E-state index contributed by atoms with van der Waals surface area (Å²) in [5.41, 5.74) is 12.3. The van der Waals surface area contributed by atoms with Crippen molar-refractivity contribution in [1.82, 2.24) is 4.98 Å². The van der Waals surface area contributed by atoms with E-state index in [9.17, 15) is 0 Å². The quantitative estimate of drug-likeness (QED) is 0.775. The minimum atomic E-state index is 0.526. The summed E-state index contributed by atoms with van der Waals surface area (Å²) < 4.78 is 0. The molecule has 4 N–H and O–H groups in total. The molecule has 0 spiro atoms. The summed E-state index contributed by atoms with van der Waals surface area (Å²) in [7, 11) is 0. The van der Waals surface area contributed by atoms with E-state index in [1.807, 2.05) is 36.4 Å². The topological polar surface area (TPSA) is 64.9 Å². The van der Waals surface area contributed by atoms with Crippen LogP contribution in [0.1, 0.15) is 5.56 Å². The molecule has 0 saturated heterocycles. The highest BCUT2D eigenvalue weighted by Crippen LogP contribution is 2.22. The van der Waals surface area contributed by atoms with E-state index in [0.717, 1.165) is 16.3 Å². The van der Waals surface area contributed by atoms with Gasteiger partial charge in [0.2, 0.25) is 0 Å². The third-order valence-corrected chi connectivity index (χ3v) is 2.29. The van der Waals surface area contributed by atoms with Gasteiger partial charge in [-0.3, -0.25) is 0 Å². The van der Waals surface area contributed by atoms with Crippen molar-refractivity contribution in [2.24, 2.45) is 5.73 Å². The molecule has 15 heavy (non-hydrogen) atoms. The van der Waals surface area contributed by atoms with Crippen LogP contribution in [0.3, 0.4) is 0 Å². The highest BCUT2D eigenvalue weighted by molar-refractivity contribution is 5.96. The third kappa shape index (κ3) is 1.82.